The highest BCUT2D eigenvalue weighted by atomic mass is 31.2. The zero-order valence-electron chi connectivity index (χ0n) is 64.1. The third kappa shape index (κ3) is 73.3. The largest absolute Gasteiger partial charge is 0.472 e. The van der Waals surface area contributed by atoms with Crippen LogP contribution in [0, 0.1) is 0 Å². The van der Waals surface area contributed by atoms with Crippen molar-refractivity contribution in [3.63, 3.8) is 0 Å². The second kappa shape index (κ2) is 74.3. The van der Waals surface area contributed by atoms with E-state index in [-0.39, 0.29) is 25.7 Å². The van der Waals surface area contributed by atoms with E-state index in [1.807, 2.05) is 0 Å². The Labute approximate surface area is 610 Å². The van der Waals surface area contributed by atoms with Crippen molar-refractivity contribution < 1.29 is 80.2 Å². The molecule has 0 aromatic rings. The second-order valence-electron chi connectivity index (χ2n) is 27.7. The fraction of sp³-hybridized carbons (Fsp3) is 0.852. The van der Waals surface area contributed by atoms with Gasteiger partial charge in [0.2, 0.25) is 0 Å². The SMILES string of the molecule is CCCCC/C=C\C/C=C\C/C=C\CCCCCCCCC(=O)OCC(COP(=O)(O)OCC(O)COP(=O)(O)OCC(COC(=O)CCCCCCCCCCCCCCCCC)OC(=O)CCCCCCC/C=C\CCCCCC)OC(=O)CCCCCCCCCCCCCCC. The first-order valence-corrected chi connectivity index (χ1v) is 43.9. The highest BCUT2D eigenvalue weighted by Gasteiger charge is 2.30. The Hall–Kier alpha value is -2.98. The normalized spacial score (nSPS) is 14.1. The maximum absolute atomic E-state index is 13.1. The number of hydrogen-bond acceptors (Lipinski definition) is 15. The van der Waals surface area contributed by atoms with Gasteiger partial charge in [-0.05, 0) is 89.9 Å². The van der Waals surface area contributed by atoms with Crippen LogP contribution < -0.4 is 0 Å². The number of phosphoric acid groups is 2. The van der Waals surface area contributed by atoms with E-state index in [2.05, 4.69) is 76.3 Å². The molecule has 0 radical (unpaired) electrons. The number of aliphatic hydroxyl groups excluding tert-OH is 1. The van der Waals surface area contributed by atoms with Gasteiger partial charge in [-0.15, -0.1) is 0 Å². The first-order valence-electron chi connectivity index (χ1n) is 40.9. The number of carbonyl (C=O) groups excluding carboxylic acids is 4. The van der Waals surface area contributed by atoms with Crippen molar-refractivity contribution in [3.8, 4) is 0 Å². The molecule has 0 saturated carbocycles. The van der Waals surface area contributed by atoms with Crippen LogP contribution in [0.4, 0.5) is 0 Å². The number of rotatable bonds is 78. The Kier molecular flexibility index (Phi) is 72.1. The summed E-state index contributed by atoms with van der Waals surface area (Å²) >= 11 is 0. The number of esters is 4. The highest BCUT2D eigenvalue weighted by molar-refractivity contribution is 7.47. The quantitative estimate of drug-likeness (QED) is 0.0169. The predicted molar refractivity (Wildman–Crippen MR) is 409 cm³/mol. The van der Waals surface area contributed by atoms with Gasteiger partial charge in [0, 0.05) is 25.7 Å². The molecule has 0 spiro atoms. The fourth-order valence-electron chi connectivity index (χ4n) is 11.5. The fourth-order valence-corrected chi connectivity index (χ4v) is 13.1. The van der Waals surface area contributed by atoms with Crippen molar-refractivity contribution >= 4 is 39.5 Å². The molecule has 0 fully saturated rings. The van der Waals surface area contributed by atoms with E-state index < -0.39 is 97.5 Å². The Bertz CT molecular complexity index is 2080. The molecule has 17 nitrogen and oxygen atoms in total. The minimum atomic E-state index is -4.97. The van der Waals surface area contributed by atoms with Crippen LogP contribution in [0.3, 0.4) is 0 Å². The number of phosphoric ester groups is 2. The van der Waals surface area contributed by atoms with Gasteiger partial charge in [0.15, 0.2) is 12.2 Å². The first kappa shape index (κ1) is 97.0. The molecule has 0 bridgehead atoms. The van der Waals surface area contributed by atoms with Gasteiger partial charge in [-0.2, -0.15) is 0 Å². The van der Waals surface area contributed by atoms with Crippen LogP contribution in [-0.4, -0.2) is 96.7 Å². The monoisotopic (exact) mass is 1460 g/mol. The zero-order valence-corrected chi connectivity index (χ0v) is 65.9. The van der Waals surface area contributed by atoms with Crippen molar-refractivity contribution in [1.29, 1.82) is 0 Å². The Morgan fingerprint density at radius 3 is 0.790 bits per heavy atom. The third-order valence-corrected chi connectivity index (χ3v) is 19.7. The average molecular weight is 1460 g/mol. The molecule has 5 atom stereocenters. The summed E-state index contributed by atoms with van der Waals surface area (Å²) in [6.45, 7) is 4.90. The molecule has 0 aromatic carbocycles. The smallest absolute Gasteiger partial charge is 0.462 e. The van der Waals surface area contributed by atoms with Gasteiger partial charge in [0.25, 0.3) is 0 Å². The van der Waals surface area contributed by atoms with Gasteiger partial charge in [-0.1, -0.05) is 320 Å². The summed E-state index contributed by atoms with van der Waals surface area (Å²) in [7, 11) is -9.94. The van der Waals surface area contributed by atoms with Crippen molar-refractivity contribution in [1.82, 2.24) is 0 Å². The molecular weight excluding hydrogens is 1310 g/mol. The minimum Gasteiger partial charge on any atom is -0.462 e. The molecule has 0 aliphatic heterocycles. The molecule has 0 aliphatic rings. The molecule has 0 rings (SSSR count). The van der Waals surface area contributed by atoms with E-state index in [0.29, 0.717) is 25.7 Å². The number of aliphatic hydroxyl groups is 1. The van der Waals surface area contributed by atoms with Gasteiger partial charge in [0.05, 0.1) is 26.4 Å². The molecule has 100 heavy (non-hydrogen) atoms. The minimum absolute atomic E-state index is 0.0918. The molecule has 5 unspecified atom stereocenters. The summed E-state index contributed by atoms with van der Waals surface area (Å²) < 4.78 is 68.6. The summed E-state index contributed by atoms with van der Waals surface area (Å²) in [6, 6.07) is 0. The maximum Gasteiger partial charge on any atom is 0.472 e. The third-order valence-electron chi connectivity index (χ3n) is 17.8. The summed E-state index contributed by atoms with van der Waals surface area (Å²) in [5, 5.41) is 10.6. The van der Waals surface area contributed by atoms with Gasteiger partial charge in [0.1, 0.15) is 19.3 Å². The number of ether oxygens (including phenoxy) is 4. The summed E-state index contributed by atoms with van der Waals surface area (Å²) in [4.78, 5) is 73.0. The molecular formula is C81H150O17P2. The molecule has 0 amide bonds. The average Bonchev–Trinajstić information content (AvgIpc) is 0.935. The van der Waals surface area contributed by atoms with Crippen LogP contribution in [-0.2, 0) is 65.4 Å². The molecule has 19 heteroatoms. The lowest BCUT2D eigenvalue weighted by Crippen LogP contribution is -2.30. The van der Waals surface area contributed by atoms with E-state index in [9.17, 15) is 43.2 Å². The molecule has 0 aliphatic carbocycles. The van der Waals surface area contributed by atoms with Crippen molar-refractivity contribution in [2.24, 2.45) is 0 Å². The van der Waals surface area contributed by atoms with Gasteiger partial charge in [-0.25, -0.2) is 9.13 Å². The summed E-state index contributed by atoms with van der Waals surface area (Å²) in [5.41, 5.74) is 0. The molecule has 586 valence electrons. The molecule has 0 heterocycles. The van der Waals surface area contributed by atoms with Crippen molar-refractivity contribution in [2.75, 3.05) is 39.6 Å². The van der Waals surface area contributed by atoms with Crippen LogP contribution >= 0.6 is 15.6 Å². The van der Waals surface area contributed by atoms with Gasteiger partial charge in [-0.3, -0.25) is 37.3 Å². The Morgan fingerprint density at radius 2 is 0.490 bits per heavy atom. The van der Waals surface area contributed by atoms with E-state index in [0.717, 1.165) is 141 Å². The first-order chi connectivity index (χ1) is 48.7. The Morgan fingerprint density at radius 1 is 0.280 bits per heavy atom. The molecule has 0 aromatic heterocycles. The Balaban J connectivity index is 5.29. The van der Waals surface area contributed by atoms with E-state index >= 15 is 0 Å². The zero-order chi connectivity index (χ0) is 73.2. The van der Waals surface area contributed by atoms with Crippen molar-refractivity contribution in [2.45, 2.75) is 406 Å². The van der Waals surface area contributed by atoms with E-state index in [1.165, 1.54) is 167 Å². The standard InChI is InChI=1S/C81H150O17P2/c1-5-9-13-17-21-25-29-33-35-36-37-38-40-44-46-50-54-58-62-66-79(84)92-72-77(98-81(86)68-64-60-56-52-48-42-32-28-24-20-16-12-8-4)74-96-100(89,90)94-70-75(82)69-93-99(87,88)95-73-76(97-80(85)67-63-59-55-51-47-41-31-27-23-19-15-11-7-3)71-91-78(83)65-61-57-53-49-45-43-39-34-30-26-22-18-14-10-6-2/h21,25,27,31,33,35,37-38,75-77,82H,5-20,22-24,26,28-30,32,34,36,39-74H2,1-4H3,(H,87,88)(H,89,90)/b25-21-,31-27-,35-33-,38-37-. The van der Waals surface area contributed by atoms with E-state index in [4.69, 9.17) is 37.0 Å². The number of unbranched alkanes of at least 4 members (excludes halogenated alkanes) is 44. The van der Waals surface area contributed by atoms with E-state index in [1.54, 1.807) is 0 Å². The lowest BCUT2D eigenvalue weighted by Gasteiger charge is -2.21. The van der Waals surface area contributed by atoms with Crippen LogP contribution in [0.2, 0.25) is 0 Å². The van der Waals surface area contributed by atoms with Gasteiger partial charge < -0.3 is 33.8 Å². The lowest BCUT2D eigenvalue weighted by molar-refractivity contribution is -0.161. The van der Waals surface area contributed by atoms with Gasteiger partial charge >= 0.3 is 39.5 Å². The second-order valence-corrected chi connectivity index (χ2v) is 30.6. The highest BCUT2D eigenvalue weighted by Crippen LogP contribution is 2.45. The summed E-state index contributed by atoms with van der Waals surface area (Å²) in [6.07, 6.45) is 72.2. The van der Waals surface area contributed by atoms with Crippen molar-refractivity contribution in [3.05, 3.63) is 48.6 Å². The summed E-state index contributed by atoms with van der Waals surface area (Å²) in [5.74, 6) is -2.15. The number of allylic oxidation sites excluding steroid dienone is 8. The lowest BCUT2D eigenvalue weighted by atomic mass is 10.0. The molecule has 0 saturated heterocycles. The maximum atomic E-state index is 13.1. The number of carbonyl (C=O) groups is 4. The number of hydrogen-bond donors (Lipinski definition) is 3. The predicted octanol–water partition coefficient (Wildman–Crippen LogP) is 23.7. The van der Waals surface area contributed by atoms with Crippen LogP contribution in [0.1, 0.15) is 387 Å². The topological polar surface area (TPSA) is 237 Å². The van der Waals surface area contributed by atoms with Crippen LogP contribution in [0.25, 0.3) is 0 Å². The molecule has 3 N–H and O–H groups in total. The van der Waals surface area contributed by atoms with Crippen LogP contribution in [0.15, 0.2) is 48.6 Å². The van der Waals surface area contributed by atoms with Crippen LogP contribution in [0.5, 0.6) is 0 Å².